The van der Waals surface area contributed by atoms with E-state index in [9.17, 15) is 24.6 Å². The highest BCUT2D eigenvalue weighted by atomic mass is 16.6. The number of benzene rings is 4. The molecule has 11 rings (SSSR count). The Morgan fingerprint density at radius 1 is 0.720 bits per heavy atom. The number of aromatic nitrogens is 4. The molecule has 0 unspecified atom stereocenters. The second-order valence-electron chi connectivity index (χ2n) is 23.2. The summed E-state index contributed by atoms with van der Waals surface area (Å²) in [5.74, 6) is 1.14. The van der Waals surface area contributed by atoms with Gasteiger partial charge < -0.3 is 44.1 Å². The number of amides is 1. The number of hydrogen-bond donors (Lipinski definition) is 3. The van der Waals surface area contributed by atoms with Gasteiger partial charge in [0.05, 0.1) is 76.2 Å². The van der Waals surface area contributed by atoms with Crippen molar-refractivity contribution in [3.63, 3.8) is 0 Å². The second-order valence-corrected chi connectivity index (χ2v) is 23.2. The summed E-state index contributed by atoms with van der Waals surface area (Å²) in [6.45, 7) is 10.8. The third kappa shape index (κ3) is 12.6. The highest BCUT2D eigenvalue weighted by molar-refractivity contribution is 6.23. The minimum atomic E-state index is -1.09. The molecule has 17 heteroatoms. The number of hydrogen-bond acceptors (Lipinski definition) is 15. The van der Waals surface area contributed by atoms with Crippen LogP contribution < -0.4 is 25.4 Å². The van der Waals surface area contributed by atoms with E-state index in [4.69, 9.17) is 28.7 Å². The number of rotatable bonds is 22. The molecule has 0 spiro atoms. The molecule has 0 atom stereocenters. The fourth-order valence-electron chi connectivity index (χ4n) is 12.9. The first-order valence-corrected chi connectivity index (χ1v) is 29.5. The molecular formula is C65H75N7O10. The normalized spacial score (nSPS) is 17.3. The monoisotopic (exact) mass is 1110 g/mol. The molecule has 82 heavy (non-hydrogen) atoms. The number of fused-ring (bicyclic) bond motifs is 4. The van der Waals surface area contributed by atoms with Gasteiger partial charge in [-0.25, -0.2) is 4.79 Å². The zero-order valence-electron chi connectivity index (χ0n) is 47.6. The molecule has 6 aliphatic rings. The quantitative estimate of drug-likeness (QED) is 0.0428. The summed E-state index contributed by atoms with van der Waals surface area (Å²) in [6.07, 6.45) is 13.8. The fraction of sp³-hybridized carbons (Fsp3) is 0.477. The summed E-state index contributed by atoms with van der Waals surface area (Å²) >= 11 is 0. The summed E-state index contributed by atoms with van der Waals surface area (Å²) in [7, 11) is 0. The number of Topliss-reactive ketones (excluding diaryl/α,β-unsaturated/α-hetero) is 1. The van der Waals surface area contributed by atoms with E-state index in [-0.39, 0.29) is 59.3 Å². The highest BCUT2D eigenvalue weighted by Gasteiger charge is 2.37. The van der Waals surface area contributed by atoms with E-state index in [1.807, 2.05) is 44.2 Å². The van der Waals surface area contributed by atoms with Crippen molar-refractivity contribution in [2.24, 2.45) is 10.4 Å². The van der Waals surface area contributed by atoms with Gasteiger partial charge in [0, 0.05) is 83.2 Å². The van der Waals surface area contributed by atoms with E-state index in [0.29, 0.717) is 88.4 Å². The zero-order chi connectivity index (χ0) is 56.7. The number of aliphatic hydroxyl groups excluding tert-OH is 1. The summed E-state index contributed by atoms with van der Waals surface area (Å²) in [5, 5.41) is 43.4. The molecule has 1 amide bonds. The average Bonchev–Trinajstić information content (AvgIpc) is 3.50. The number of carbonyl (C=O) groups is 3. The zero-order valence-corrected chi connectivity index (χ0v) is 47.6. The number of nitrogens with one attached hydrogen (secondary N) is 1. The lowest BCUT2D eigenvalue weighted by Gasteiger charge is -2.39. The van der Waals surface area contributed by atoms with Crippen LogP contribution in [0.1, 0.15) is 150 Å². The highest BCUT2D eigenvalue weighted by Crippen LogP contribution is 2.49. The van der Waals surface area contributed by atoms with Gasteiger partial charge in [0.25, 0.3) is 5.91 Å². The topological polar surface area (TPSA) is 217 Å². The van der Waals surface area contributed by atoms with E-state index in [0.717, 1.165) is 116 Å². The van der Waals surface area contributed by atoms with E-state index >= 15 is 0 Å². The third-order valence-corrected chi connectivity index (χ3v) is 16.7. The lowest BCUT2D eigenvalue weighted by molar-refractivity contribution is -0.118. The Hall–Kier alpha value is -7.18. The number of ketones is 1. The van der Waals surface area contributed by atoms with Gasteiger partial charge in [-0.2, -0.15) is 0 Å². The van der Waals surface area contributed by atoms with Crippen LogP contribution in [0.3, 0.4) is 0 Å². The summed E-state index contributed by atoms with van der Waals surface area (Å²) in [4.78, 5) is 47.7. The Labute approximate surface area is 478 Å². The van der Waals surface area contributed by atoms with Crippen molar-refractivity contribution in [2.45, 2.75) is 124 Å². The van der Waals surface area contributed by atoms with Crippen LogP contribution in [-0.4, -0.2) is 126 Å². The van der Waals surface area contributed by atoms with Gasteiger partial charge in [-0.1, -0.05) is 56.2 Å². The lowest BCUT2D eigenvalue weighted by Crippen LogP contribution is -2.36. The number of nitrogens with zero attached hydrogens (tertiary/aromatic N) is 6. The molecule has 3 N–H and O–H groups in total. The average molecular weight is 1110 g/mol. The van der Waals surface area contributed by atoms with Crippen LogP contribution in [-0.2, 0) is 56.0 Å². The van der Waals surface area contributed by atoms with Crippen molar-refractivity contribution in [3.8, 4) is 22.9 Å². The molecule has 0 saturated carbocycles. The molecule has 3 aliphatic carbocycles. The maximum absolute atomic E-state index is 13.6. The van der Waals surface area contributed by atoms with Crippen LogP contribution in [0.25, 0.3) is 22.5 Å². The number of anilines is 1. The summed E-state index contributed by atoms with van der Waals surface area (Å²) in [6, 6.07) is 17.3. The van der Waals surface area contributed by atoms with Gasteiger partial charge in [0.2, 0.25) is 5.82 Å². The van der Waals surface area contributed by atoms with Crippen LogP contribution in [0.5, 0.6) is 11.5 Å². The van der Waals surface area contributed by atoms with E-state index in [1.54, 1.807) is 18.6 Å². The first-order chi connectivity index (χ1) is 39.9. The second kappa shape index (κ2) is 25.5. The summed E-state index contributed by atoms with van der Waals surface area (Å²) < 4.78 is 30.3. The molecule has 430 valence electrons. The molecule has 4 heterocycles. The molecule has 4 aromatic carbocycles. The first-order valence-electron chi connectivity index (χ1n) is 29.5. The Balaban J connectivity index is 0.652. The van der Waals surface area contributed by atoms with Gasteiger partial charge >= 0.3 is 5.97 Å². The molecule has 3 aliphatic heterocycles. The van der Waals surface area contributed by atoms with Crippen LogP contribution in [0.15, 0.2) is 70.9 Å². The molecule has 0 saturated heterocycles. The third-order valence-electron chi connectivity index (χ3n) is 16.7. The Kier molecular flexibility index (Phi) is 17.6. The maximum atomic E-state index is 13.6. The van der Waals surface area contributed by atoms with E-state index < -0.39 is 5.97 Å². The van der Waals surface area contributed by atoms with Gasteiger partial charge in [0.15, 0.2) is 11.6 Å². The van der Waals surface area contributed by atoms with Crippen LogP contribution in [0, 0.1) is 12.3 Å². The van der Waals surface area contributed by atoms with E-state index in [2.05, 4.69) is 42.7 Å². The lowest BCUT2D eigenvalue weighted by atomic mass is 9.75. The maximum Gasteiger partial charge on any atom is 0.336 e. The molecule has 5 aromatic rings. The number of aryl methyl sites for hydroxylation is 3. The van der Waals surface area contributed by atoms with Crippen LogP contribution >= 0.6 is 0 Å². The van der Waals surface area contributed by atoms with Crippen molar-refractivity contribution >= 4 is 40.2 Å². The van der Waals surface area contributed by atoms with E-state index in [1.165, 1.54) is 52.1 Å². The minimum absolute atomic E-state index is 0.0625. The van der Waals surface area contributed by atoms with Gasteiger partial charge in [0.1, 0.15) is 17.3 Å². The molecular weight excluding hydrogens is 1040 g/mol. The van der Waals surface area contributed by atoms with Crippen molar-refractivity contribution in [3.05, 3.63) is 132 Å². The number of aliphatic hydroxyl groups is 1. The number of carbonyl (C=O) groups excluding carboxylic acids is 2. The summed E-state index contributed by atoms with van der Waals surface area (Å²) in [5.41, 5.74) is 13.0. The fourth-order valence-corrected chi connectivity index (χ4v) is 12.9. The molecule has 17 nitrogen and oxygen atoms in total. The van der Waals surface area contributed by atoms with Crippen LogP contribution in [0.4, 0.5) is 5.69 Å². The Morgan fingerprint density at radius 2 is 1.40 bits per heavy atom. The number of ether oxygens (including phenoxy) is 5. The molecule has 0 radical (unpaired) electrons. The number of aromatic carboxylic acids is 1. The van der Waals surface area contributed by atoms with Gasteiger partial charge in [-0.15, -0.1) is 20.4 Å². The molecule has 0 fully saturated rings. The Morgan fingerprint density at radius 3 is 2.15 bits per heavy atom. The number of carboxylic acid groups (broad SMARTS) is 1. The predicted molar refractivity (Wildman–Crippen MR) is 311 cm³/mol. The van der Waals surface area contributed by atoms with Crippen LogP contribution in [0.2, 0.25) is 0 Å². The predicted octanol–water partition coefficient (Wildman–Crippen LogP) is 8.62. The molecule has 1 aromatic heterocycles. The smallest absolute Gasteiger partial charge is 0.336 e. The largest absolute Gasteiger partial charge is 0.511 e. The number of aliphatic imine (C=N–C) groups is 1. The number of carboxylic acids is 1. The number of allylic oxidation sites excluding steroid dienone is 2. The van der Waals surface area contributed by atoms with Gasteiger partial charge in [-0.05, 0) is 135 Å². The standard InChI is InChI=1S/C65H75N7O10/c1-40-68-70-62(71-69-40)43-18-16-41(17-19-43)39-67-53(58-54(73)37-65(2,3)38-55(58)74)22-26-78-28-30-80-32-33-81-31-29-79-27-23-66-63(75)46-20-21-47(50(36-46)64(76)77)57-51-34-44-11-6-4-5-10-42-12-7-14-48(56(42)44)60(51)82-61-49-15-9-25-72-24-8-13-45(59(49)72)35-52(57)61/h16-21,34-36,73H,4-15,22-33,37-39H2,1-3H3,(H,66,75)(H,76,77). The first kappa shape index (κ1) is 56.7. The van der Waals surface area contributed by atoms with Crippen molar-refractivity contribution in [2.75, 3.05) is 77.4 Å². The van der Waals surface area contributed by atoms with Gasteiger partial charge in [-0.3, -0.25) is 14.6 Å². The van der Waals surface area contributed by atoms with Crippen molar-refractivity contribution in [1.29, 1.82) is 0 Å². The SMILES string of the molecule is Cc1nnc(-c2ccc(CN=C(CCOCCOCCOCCOCCNC(=O)c3ccc(C4=c5cc6c7c(c5Oc5c4cc4c8c5CCCN8CCC4)CCCC=7CCCCC6)c(C(=O)O)c3)C3=C(O)CC(C)(C)CC3=O)cc2)nn1. The Bertz CT molecular complexity index is 3440. The molecule has 0 bridgehead atoms. The minimum Gasteiger partial charge on any atom is -0.511 e. The van der Waals surface area contributed by atoms with Crippen molar-refractivity contribution in [1.82, 2.24) is 25.7 Å². The van der Waals surface area contributed by atoms with Crippen molar-refractivity contribution < 1.29 is 48.3 Å².